The first kappa shape index (κ1) is 25.3. The van der Waals surface area contributed by atoms with Crippen LogP contribution in [0.4, 0.5) is 4.79 Å². The van der Waals surface area contributed by atoms with E-state index in [2.05, 4.69) is 4.72 Å². The number of carbonyl (C=O) groups is 1. The quantitative estimate of drug-likeness (QED) is 0.582. The lowest BCUT2D eigenvalue weighted by molar-refractivity contribution is 0.128. The number of likely N-dealkylation sites (tertiary alicyclic amines) is 1. The molecule has 8 nitrogen and oxygen atoms in total. The highest BCUT2D eigenvalue weighted by Gasteiger charge is 2.46. The lowest BCUT2D eigenvalue weighted by Gasteiger charge is -2.31. The molecule has 0 bridgehead atoms. The number of nitrogens with one attached hydrogen (secondary N) is 1. The van der Waals surface area contributed by atoms with Crippen molar-refractivity contribution >= 4 is 16.1 Å². The number of ether oxygens (including phenoxy) is 3. The van der Waals surface area contributed by atoms with Crippen LogP contribution in [0, 0.1) is 5.41 Å². The van der Waals surface area contributed by atoms with E-state index in [-0.39, 0.29) is 23.5 Å². The average Bonchev–Trinajstić information content (AvgIpc) is 3.51. The molecule has 190 valence electrons. The van der Waals surface area contributed by atoms with E-state index in [1.807, 2.05) is 25.1 Å². The summed E-state index contributed by atoms with van der Waals surface area (Å²) in [5, 5.41) is 0. The van der Waals surface area contributed by atoms with Gasteiger partial charge in [0.1, 0.15) is 0 Å². The molecule has 1 aliphatic heterocycles. The van der Waals surface area contributed by atoms with Crippen LogP contribution >= 0.6 is 0 Å². The predicted molar refractivity (Wildman–Crippen MR) is 132 cm³/mol. The summed E-state index contributed by atoms with van der Waals surface area (Å²) in [5.74, 6) is 1.20. The predicted octanol–water partition coefficient (Wildman–Crippen LogP) is 4.17. The number of carbonyl (C=O) groups excluding carboxylic acids is 1. The second kappa shape index (κ2) is 10.5. The van der Waals surface area contributed by atoms with Crippen LogP contribution in [0.2, 0.25) is 0 Å². The second-order valence-corrected chi connectivity index (χ2v) is 11.4. The highest BCUT2D eigenvalue weighted by atomic mass is 32.2. The Balaban J connectivity index is 1.62. The van der Waals surface area contributed by atoms with E-state index in [0.29, 0.717) is 24.6 Å². The van der Waals surface area contributed by atoms with Crippen LogP contribution in [0.25, 0.3) is 0 Å². The number of rotatable bonds is 8. The summed E-state index contributed by atoms with van der Waals surface area (Å²) >= 11 is 0. The van der Waals surface area contributed by atoms with Gasteiger partial charge in [-0.1, -0.05) is 31.2 Å². The zero-order chi connectivity index (χ0) is 25.1. The molecule has 9 heteroatoms. The Labute approximate surface area is 207 Å². The minimum Gasteiger partial charge on any atom is -0.493 e. The van der Waals surface area contributed by atoms with Crippen LogP contribution in [-0.4, -0.2) is 59.4 Å². The Bertz CT molecular complexity index is 1130. The molecule has 1 N–H and O–H groups in total. The Morgan fingerprint density at radius 2 is 1.80 bits per heavy atom. The fourth-order valence-corrected chi connectivity index (χ4v) is 6.34. The molecule has 4 rings (SSSR count). The highest BCUT2D eigenvalue weighted by Crippen LogP contribution is 2.45. The Kier molecular flexibility index (Phi) is 7.56. The Morgan fingerprint density at radius 1 is 1.09 bits per heavy atom. The molecule has 2 aliphatic rings. The molecule has 2 atom stereocenters. The first-order valence-corrected chi connectivity index (χ1v) is 13.5. The van der Waals surface area contributed by atoms with Gasteiger partial charge in [-0.15, -0.1) is 0 Å². The molecule has 0 radical (unpaired) electrons. The van der Waals surface area contributed by atoms with Crippen molar-refractivity contribution in [2.75, 3.05) is 33.9 Å². The lowest BCUT2D eigenvalue weighted by Crippen LogP contribution is -2.40. The molecule has 1 aliphatic carbocycles. The van der Waals surface area contributed by atoms with Crippen LogP contribution in [0.3, 0.4) is 0 Å². The van der Waals surface area contributed by atoms with E-state index in [0.717, 1.165) is 31.2 Å². The van der Waals surface area contributed by atoms with Crippen molar-refractivity contribution < 1.29 is 27.4 Å². The van der Waals surface area contributed by atoms with E-state index < -0.39 is 21.5 Å². The van der Waals surface area contributed by atoms with Gasteiger partial charge < -0.3 is 19.1 Å². The first-order valence-electron chi connectivity index (χ1n) is 12.0. The molecule has 0 spiro atoms. The summed E-state index contributed by atoms with van der Waals surface area (Å²) in [7, 11) is -0.727. The fraction of sp³-hybridized carbons (Fsp3) is 0.500. The van der Waals surface area contributed by atoms with E-state index >= 15 is 0 Å². The van der Waals surface area contributed by atoms with Gasteiger partial charge >= 0.3 is 6.09 Å². The van der Waals surface area contributed by atoms with Crippen molar-refractivity contribution in [3.05, 3.63) is 54.1 Å². The van der Waals surface area contributed by atoms with Gasteiger partial charge in [-0.25, -0.2) is 17.9 Å². The maximum Gasteiger partial charge on any atom is 0.409 e. The van der Waals surface area contributed by atoms with Crippen LogP contribution in [-0.2, 0) is 14.8 Å². The summed E-state index contributed by atoms with van der Waals surface area (Å²) in [6, 6.07) is 14.1. The summed E-state index contributed by atoms with van der Waals surface area (Å²) in [6.45, 7) is 2.92. The molecule has 1 saturated heterocycles. The Hall–Kier alpha value is -2.78. The number of hydrogen-bond acceptors (Lipinski definition) is 6. The maximum atomic E-state index is 12.9. The number of benzene rings is 2. The summed E-state index contributed by atoms with van der Waals surface area (Å²) in [5.41, 5.74) is 0.390. The molecule has 1 heterocycles. The number of nitrogens with zero attached hydrogens (tertiary/aromatic N) is 1. The zero-order valence-electron chi connectivity index (χ0n) is 20.5. The summed E-state index contributed by atoms with van der Waals surface area (Å²) in [4.78, 5) is 14.3. The topological polar surface area (TPSA) is 94.2 Å². The smallest absolute Gasteiger partial charge is 0.409 e. The van der Waals surface area contributed by atoms with E-state index in [1.54, 1.807) is 42.3 Å². The molecule has 1 saturated carbocycles. The Morgan fingerprint density at radius 3 is 2.46 bits per heavy atom. The molecule has 2 aromatic rings. The molecular formula is C26H34N2O6S. The third-order valence-electron chi connectivity index (χ3n) is 7.13. The third kappa shape index (κ3) is 5.56. The summed E-state index contributed by atoms with van der Waals surface area (Å²) in [6.07, 6.45) is 4.09. The van der Waals surface area contributed by atoms with E-state index in [4.69, 9.17) is 14.2 Å². The number of hydrogen-bond donors (Lipinski definition) is 1. The minimum atomic E-state index is -3.70. The van der Waals surface area contributed by atoms with Crippen LogP contribution in [0.5, 0.6) is 11.5 Å². The SMILES string of the molecule is COC(=O)N1CC(c2ccc(OC)c(OC3CCCC3)c2)C(C)(CNS(=O)(=O)c2ccccc2)C1. The molecule has 2 unspecified atom stereocenters. The van der Waals surface area contributed by atoms with Gasteiger partial charge in [-0.2, -0.15) is 0 Å². The first-order chi connectivity index (χ1) is 16.8. The van der Waals surface area contributed by atoms with Gasteiger partial charge in [0.25, 0.3) is 0 Å². The fourth-order valence-electron chi connectivity index (χ4n) is 5.14. The largest absolute Gasteiger partial charge is 0.493 e. The van der Waals surface area contributed by atoms with Crippen molar-refractivity contribution in [1.29, 1.82) is 0 Å². The molecule has 2 fully saturated rings. The average molecular weight is 503 g/mol. The van der Waals surface area contributed by atoms with Gasteiger partial charge in [0.15, 0.2) is 11.5 Å². The van der Waals surface area contributed by atoms with Crippen molar-refractivity contribution in [3.8, 4) is 11.5 Å². The van der Waals surface area contributed by atoms with Gasteiger partial charge in [-0.3, -0.25) is 0 Å². The van der Waals surface area contributed by atoms with E-state index in [1.165, 1.54) is 7.11 Å². The zero-order valence-corrected chi connectivity index (χ0v) is 21.3. The maximum absolute atomic E-state index is 12.9. The number of methoxy groups -OCH3 is 2. The standard InChI is InChI=1S/C26H34N2O6S/c1-26(17-27-35(30,31)21-11-5-4-6-12-21)18-28(25(29)33-3)16-22(26)19-13-14-23(32-2)24(15-19)34-20-9-7-8-10-20/h4-6,11-15,20,22,27H,7-10,16-18H2,1-3H3. The second-order valence-electron chi connectivity index (χ2n) is 9.63. The molecular weight excluding hydrogens is 468 g/mol. The van der Waals surface area contributed by atoms with Gasteiger partial charge in [0, 0.05) is 31.0 Å². The van der Waals surface area contributed by atoms with Crippen molar-refractivity contribution in [2.45, 2.75) is 49.5 Å². The normalized spacial score (nSPS) is 22.8. The molecule has 1 amide bonds. The van der Waals surface area contributed by atoms with Crippen molar-refractivity contribution in [3.63, 3.8) is 0 Å². The number of sulfonamides is 1. The lowest BCUT2D eigenvalue weighted by atomic mass is 9.76. The van der Waals surface area contributed by atoms with Crippen molar-refractivity contribution in [1.82, 2.24) is 9.62 Å². The summed E-state index contributed by atoms with van der Waals surface area (Å²) < 4.78 is 45.4. The van der Waals surface area contributed by atoms with E-state index in [9.17, 15) is 13.2 Å². The van der Waals surface area contributed by atoms with Gasteiger partial charge in [-0.05, 0) is 55.5 Å². The molecule has 2 aromatic carbocycles. The molecule has 35 heavy (non-hydrogen) atoms. The van der Waals surface area contributed by atoms with Crippen LogP contribution in [0.15, 0.2) is 53.4 Å². The van der Waals surface area contributed by atoms with Gasteiger partial charge in [0.2, 0.25) is 10.0 Å². The minimum absolute atomic E-state index is 0.142. The number of amides is 1. The van der Waals surface area contributed by atoms with Crippen molar-refractivity contribution in [2.24, 2.45) is 5.41 Å². The van der Waals surface area contributed by atoms with Gasteiger partial charge in [0.05, 0.1) is 25.2 Å². The highest BCUT2D eigenvalue weighted by molar-refractivity contribution is 7.89. The third-order valence-corrected chi connectivity index (χ3v) is 8.55. The monoisotopic (exact) mass is 502 g/mol. The van der Waals surface area contributed by atoms with Crippen LogP contribution in [0.1, 0.15) is 44.1 Å². The molecule has 0 aromatic heterocycles. The van der Waals surface area contributed by atoms with Crippen LogP contribution < -0.4 is 14.2 Å².